The SMILES string of the molecule is CCCC(=O)N(C=O)OC(=O)CCC(=O)OC. The predicted molar refractivity (Wildman–Crippen MR) is 55.2 cm³/mol. The average molecular weight is 245 g/mol. The maximum atomic E-state index is 11.2. The molecule has 0 fully saturated rings. The molecule has 0 aliphatic rings. The van der Waals surface area contributed by atoms with E-state index in [1.807, 2.05) is 0 Å². The van der Waals surface area contributed by atoms with Gasteiger partial charge in [0.25, 0.3) is 12.3 Å². The van der Waals surface area contributed by atoms with E-state index in [1.54, 1.807) is 6.92 Å². The van der Waals surface area contributed by atoms with Gasteiger partial charge in [0.05, 0.1) is 20.0 Å². The first-order valence-corrected chi connectivity index (χ1v) is 5.10. The summed E-state index contributed by atoms with van der Waals surface area (Å²) in [5, 5.41) is 0.336. The summed E-state index contributed by atoms with van der Waals surface area (Å²) in [7, 11) is 1.19. The van der Waals surface area contributed by atoms with Crippen LogP contribution in [-0.4, -0.2) is 36.4 Å². The molecule has 7 nitrogen and oxygen atoms in total. The van der Waals surface area contributed by atoms with Crippen molar-refractivity contribution in [3.8, 4) is 0 Å². The number of esters is 1. The van der Waals surface area contributed by atoms with Crippen molar-refractivity contribution in [1.29, 1.82) is 0 Å². The van der Waals surface area contributed by atoms with Gasteiger partial charge >= 0.3 is 11.9 Å². The van der Waals surface area contributed by atoms with Gasteiger partial charge in [0, 0.05) is 6.42 Å². The highest BCUT2D eigenvalue weighted by Crippen LogP contribution is 2.00. The Morgan fingerprint density at radius 1 is 1.12 bits per heavy atom. The van der Waals surface area contributed by atoms with Gasteiger partial charge in [0.2, 0.25) is 0 Å². The molecule has 0 saturated heterocycles. The fourth-order valence-electron chi connectivity index (χ4n) is 0.917. The lowest BCUT2D eigenvalue weighted by Crippen LogP contribution is -2.32. The largest absolute Gasteiger partial charge is 0.469 e. The lowest BCUT2D eigenvalue weighted by atomic mass is 10.3. The number of rotatable bonds is 6. The minimum absolute atomic E-state index is 0.100. The van der Waals surface area contributed by atoms with Gasteiger partial charge in [-0.1, -0.05) is 6.92 Å². The van der Waals surface area contributed by atoms with Crippen LogP contribution in [0.3, 0.4) is 0 Å². The van der Waals surface area contributed by atoms with Gasteiger partial charge in [-0.15, -0.1) is 5.06 Å². The molecular weight excluding hydrogens is 230 g/mol. The van der Waals surface area contributed by atoms with Crippen molar-refractivity contribution < 1.29 is 28.8 Å². The molecule has 7 heteroatoms. The highest BCUT2D eigenvalue weighted by molar-refractivity contribution is 5.87. The van der Waals surface area contributed by atoms with E-state index in [-0.39, 0.29) is 25.7 Å². The summed E-state index contributed by atoms with van der Waals surface area (Å²) in [4.78, 5) is 48.1. The smallest absolute Gasteiger partial charge is 0.333 e. The number of ether oxygens (including phenoxy) is 1. The Kier molecular flexibility index (Phi) is 7.32. The molecule has 0 aliphatic heterocycles. The first-order valence-electron chi connectivity index (χ1n) is 5.10. The highest BCUT2D eigenvalue weighted by Gasteiger charge is 2.18. The zero-order chi connectivity index (χ0) is 13.3. The number of nitrogens with zero attached hydrogens (tertiary/aromatic N) is 1. The van der Waals surface area contributed by atoms with E-state index in [0.29, 0.717) is 11.5 Å². The Balaban J connectivity index is 4.10. The maximum Gasteiger partial charge on any atom is 0.333 e. The van der Waals surface area contributed by atoms with Crippen molar-refractivity contribution in [1.82, 2.24) is 5.06 Å². The Labute approximate surface area is 98.6 Å². The van der Waals surface area contributed by atoms with E-state index >= 15 is 0 Å². The number of hydrogen-bond donors (Lipinski definition) is 0. The second-order valence-corrected chi connectivity index (χ2v) is 3.11. The topological polar surface area (TPSA) is 90.0 Å². The first-order chi connectivity index (χ1) is 8.04. The number of carbonyl (C=O) groups excluding carboxylic acids is 4. The summed E-state index contributed by atoms with van der Waals surface area (Å²) < 4.78 is 4.32. The molecule has 0 spiro atoms. The average Bonchev–Trinajstić information content (AvgIpc) is 2.33. The molecule has 0 aromatic heterocycles. The van der Waals surface area contributed by atoms with E-state index < -0.39 is 17.8 Å². The zero-order valence-electron chi connectivity index (χ0n) is 9.80. The number of hydrogen-bond acceptors (Lipinski definition) is 6. The third kappa shape index (κ3) is 6.29. The van der Waals surface area contributed by atoms with Gasteiger partial charge in [-0.25, -0.2) is 4.79 Å². The van der Waals surface area contributed by atoms with E-state index in [2.05, 4.69) is 9.57 Å². The molecule has 0 bridgehead atoms. The minimum atomic E-state index is -0.841. The van der Waals surface area contributed by atoms with Crippen molar-refractivity contribution in [3.05, 3.63) is 0 Å². The molecule has 0 heterocycles. The van der Waals surface area contributed by atoms with Crippen LogP contribution in [0, 0.1) is 0 Å². The Morgan fingerprint density at radius 3 is 2.18 bits per heavy atom. The van der Waals surface area contributed by atoms with Crippen LogP contribution in [-0.2, 0) is 28.8 Å². The zero-order valence-corrected chi connectivity index (χ0v) is 9.80. The van der Waals surface area contributed by atoms with Crippen molar-refractivity contribution in [3.63, 3.8) is 0 Å². The normalized spacial score (nSPS) is 9.29. The molecule has 0 radical (unpaired) electrons. The van der Waals surface area contributed by atoms with E-state index in [1.165, 1.54) is 7.11 Å². The molecule has 0 aliphatic carbocycles. The van der Waals surface area contributed by atoms with Gasteiger partial charge in [-0.3, -0.25) is 14.4 Å². The van der Waals surface area contributed by atoms with Crippen LogP contribution in [0.1, 0.15) is 32.6 Å². The van der Waals surface area contributed by atoms with Gasteiger partial charge in [-0.2, -0.15) is 0 Å². The molecule has 0 atom stereocenters. The van der Waals surface area contributed by atoms with Crippen LogP contribution in [0.2, 0.25) is 0 Å². The van der Waals surface area contributed by atoms with Crippen molar-refractivity contribution in [2.24, 2.45) is 0 Å². The molecule has 0 saturated carbocycles. The number of hydroxylamine groups is 2. The number of amides is 2. The minimum Gasteiger partial charge on any atom is -0.469 e. The summed E-state index contributed by atoms with van der Waals surface area (Å²) >= 11 is 0. The Bertz CT molecular complexity index is 301. The van der Waals surface area contributed by atoms with Crippen molar-refractivity contribution in [2.75, 3.05) is 7.11 Å². The molecule has 0 unspecified atom stereocenters. The van der Waals surface area contributed by atoms with Gasteiger partial charge in [0.15, 0.2) is 0 Å². The van der Waals surface area contributed by atoms with Gasteiger partial charge < -0.3 is 9.57 Å². The molecule has 2 amide bonds. The van der Waals surface area contributed by atoms with Crippen LogP contribution in [0.4, 0.5) is 0 Å². The summed E-state index contributed by atoms with van der Waals surface area (Å²) in [6.45, 7) is 1.75. The summed E-state index contributed by atoms with van der Waals surface area (Å²) in [6.07, 6.45) is 0.334. The lowest BCUT2D eigenvalue weighted by molar-refractivity contribution is -0.196. The first kappa shape index (κ1) is 15.1. The van der Waals surface area contributed by atoms with E-state index in [9.17, 15) is 19.2 Å². The van der Waals surface area contributed by atoms with E-state index in [4.69, 9.17) is 0 Å². The van der Waals surface area contributed by atoms with E-state index in [0.717, 1.165) is 0 Å². The maximum absolute atomic E-state index is 11.2. The second-order valence-electron chi connectivity index (χ2n) is 3.11. The standard InChI is InChI=1S/C10H15NO6/c1-3-4-8(13)11(7-12)17-10(15)6-5-9(14)16-2/h7H,3-6H2,1-2H3. The number of carbonyl (C=O) groups is 4. The molecule has 96 valence electrons. The van der Waals surface area contributed by atoms with Crippen molar-refractivity contribution in [2.45, 2.75) is 32.6 Å². The third-order valence-corrected chi connectivity index (χ3v) is 1.77. The van der Waals surface area contributed by atoms with Crippen LogP contribution < -0.4 is 0 Å². The van der Waals surface area contributed by atoms with Crippen molar-refractivity contribution >= 4 is 24.3 Å². The molecular formula is C10H15NO6. The number of methoxy groups -OCH3 is 1. The number of imide groups is 1. The second kappa shape index (κ2) is 8.26. The molecule has 0 aromatic rings. The fourth-order valence-corrected chi connectivity index (χ4v) is 0.917. The highest BCUT2D eigenvalue weighted by atomic mass is 16.7. The summed E-state index contributed by atoms with van der Waals surface area (Å²) in [5.74, 6) is -2.01. The summed E-state index contributed by atoms with van der Waals surface area (Å²) in [5.41, 5.74) is 0. The van der Waals surface area contributed by atoms with Crippen LogP contribution in [0.15, 0.2) is 0 Å². The lowest BCUT2D eigenvalue weighted by Gasteiger charge is -2.13. The Morgan fingerprint density at radius 2 is 1.71 bits per heavy atom. The molecule has 17 heavy (non-hydrogen) atoms. The quantitative estimate of drug-likeness (QED) is 0.377. The third-order valence-electron chi connectivity index (χ3n) is 1.77. The predicted octanol–water partition coefficient (Wildman–Crippen LogP) is 0.183. The van der Waals surface area contributed by atoms with Crippen LogP contribution in [0.5, 0.6) is 0 Å². The van der Waals surface area contributed by atoms with Crippen LogP contribution >= 0.6 is 0 Å². The van der Waals surface area contributed by atoms with Gasteiger partial charge in [0.1, 0.15) is 0 Å². The Hall–Kier alpha value is -1.92. The van der Waals surface area contributed by atoms with Crippen LogP contribution in [0.25, 0.3) is 0 Å². The molecule has 0 aromatic carbocycles. The monoisotopic (exact) mass is 245 g/mol. The summed E-state index contributed by atoms with van der Waals surface area (Å²) in [6, 6.07) is 0. The fraction of sp³-hybridized carbons (Fsp3) is 0.600. The molecule has 0 rings (SSSR count). The molecule has 0 N–H and O–H groups in total. The van der Waals surface area contributed by atoms with Gasteiger partial charge in [-0.05, 0) is 6.42 Å².